The molecule has 3 aromatic rings. The summed E-state index contributed by atoms with van der Waals surface area (Å²) in [5.74, 6) is -0.699. The van der Waals surface area contributed by atoms with Crippen molar-refractivity contribution in [2.24, 2.45) is 0 Å². The molecule has 1 heterocycles. The van der Waals surface area contributed by atoms with Gasteiger partial charge in [-0.15, -0.1) is 0 Å². The molecule has 1 aromatic heterocycles. The number of carbonyl (C=O) groups excluding carboxylic acids is 2. The lowest BCUT2D eigenvalue weighted by atomic mass is 10.1. The number of imide groups is 1. The van der Waals surface area contributed by atoms with E-state index in [2.05, 4.69) is 15.6 Å². The number of urea groups is 1. The Morgan fingerprint density at radius 2 is 1.61 bits per heavy atom. The number of carbonyl (C=O) groups is 2. The number of aryl methyl sites for hydroxylation is 1. The molecule has 28 heavy (non-hydrogen) atoms. The van der Waals surface area contributed by atoms with E-state index in [9.17, 15) is 9.59 Å². The summed E-state index contributed by atoms with van der Waals surface area (Å²) in [6, 6.07) is 13.0. The molecular formula is C20H14Cl3N3O2. The first-order valence-electron chi connectivity index (χ1n) is 8.14. The summed E-state index contributed by atoms with van der Waals surface area (Å²) in [5, 5.41) is 5.72. The molecule has 0 aliphatic rings. The van der Waals surface area contributed by atoms with E-state index in [1.165, 1.54) is 18.3 Å². The Hall–Kier alpha value is -2.60. The highest BCUT2D eigenvalue weighted by Gasteiger charge is 2.17. The molecule has 8 heteroatoms. The van der Waals surface area contributed by atoms with Crippen LogP contribution in [-0.4, -0.2) is 16.9 Å². The Labute approximate surface area is 176 Å². The van der Waals surface area contributed by atoms with Crippen molar-refractivity contribution >= 4 is 52.4 Å². The minimum atomic E-state index is -0.721. The zero-order valence-electron chi connectivity index (χ0n) is 14.6. The average molecular weight is 435 g/mol. The summed E-state index contributed by atoms with van der Waals surface area (Å²) in [6.45, 7) is 1.87. The summed E-state index contributed by atoms with van der Waals surface area (Å²) in [5.41, 5.74) is 2.99. The molecule has 0 atom stereocenters. The van der Waals surface area contributed by atoms with E-state index in [4.69, 9.17) is 34.8 Å². The third kappa shape index (κ3) is 4.62. The van der Waals surface area contributed by atoms with Gasteiger partial charge >= 0.3 is 6.03 Å². The van der Waals surface area contributed by atoms with Crippen LogP contribution < -0.4 is 10.6 Å². The molecule has 0 unspecified atom stereocenters. The number of rotatable bonds is 3. The van der Waals surface area contributed by atoms with E-state index in [1.54, 1.807) is 24.3 Å². The van der Waals surface area contributed by atoms with Crippen molar-refractivity contribution in [3.8, 4) is 11.3 Å². The Morgan fingerprint density at radius 1 is 0.964 bits per heavy atom. The highest BCUT2D eigenvalue weighted by molar-refractivity contribution is 6.40. The van der Waals surface area contributed by atoms with Gasteiger partial charge in [0.15, 0.2) is 0 Å². The lowest BCUT2D eigenvalue weighted by Gasteiger charge is -2.11. The van der Waals surface area contributed by atoms with Crippen LogP contribution in [0.15, 0.2) is 54.7 Å². The lowest BCUT2D eigenvalue weighted by Crippen LogP contribution is -2.34. The highest BCUT2D eigenvalue weighted by Crippen LogP contribution is 2.25. The number of nitrogens with zero attached hydrogens (tertiary/aromatic N) is 1. The Kier molecular flexibility index (Phi) is 6.19. The second-order valence-electron chi connectivity index (χ2n) is 5.90. The summed E-state index contributed by atoms with van der Waals surface area (Å²) in [6.07, 6.45) is 1.50. The van der Waals surface area contributed by atoms with E-state index in [0.717, 1.165) is 16.8 Å². The first kappa shape index (κ1) is 20.1. The van der Waals surface area contributed by atoms with Crippen molar-refractivity contribution in [2.45, 2.75) is 6.92 Å². The van der Waals surface area contributed by atoms with Gasteiger partial charge < -0.3 is 5.32 Å². The van der Waals surface area contributed by atoms with Crippen molar-refractivity contribution in [1.29, 1.82) is 0 Å². The molecule has 5 nitrogen and oxygen atoms in total. The number of hydrogen-bond donors (Lipinski definition) is 2. The van der Waals surface area contributed by atoms with Crippen molar-refractivity contribution in [2.75, 3.05) is 5.32 Å². The van der Waals surface area contributed by atoms with Crippen LogP contribution in [0.25, 0.3) is 11.3 Å². The number of anilines is 1. The Bertz CT molecular complexity index is 1030. The van der Waals surface area contributed by atoms with Gasteiger partial charge in [-0.05, 0) is 42.8 Å². The van der Waals surface area contributed by atoms with Crippen molar-refractivity contribution in [3.05, 3.63) is 80.9 Å². The standard InChI is InChI=1S/C20H14Cl3N3O2/c1-11-9-14(10-24-18(11)12-5-7-13(21)8-6-12)25-20(28)26-19(27)17-15(22)3-2-4-16(17)23/h2-10H,1H3,(H2,25,26,27,28). The maximum Gasteiger partial charge on any atom is 0.326 e. The number of halogens is 3. The molecule has 0 radical (unpaired) electrons. The first-order chi connectivity index (χ1) is 13.3. The largest absolute Gasteiger partial charge is 0.326 e. The number of nitrogens with one attached hydrogen (secondary N) is 2. The SMILES string of the molecule is Cc1cc(NC(=O)NC(=O)c2c(Cl)cccc2Cl)cnc1-c1ccc(Cl)cc1. The molecule has 0 saturated heterocycles. The van der Waals surface area contributed by atoms with Crippen LogP contribution in [0.2, 0.25) is 15.1 Å². The quantitative estimate of drug-likeness (QED) is 0.533. The van der Waals surface area contributed by atoms with Crippen LogP contribution >= 0.6 is 34.8 Å². The first-order valence-corrected chi connectivity index (χ1v) is 9.27. The van der Waals surface area contributed by atoms with E-state index < -0.39 is 11.9 Å². The molecule has 2 N–H and O–H groups in total. The molecule has 142 valence electrons. The van der Waals surface area contributed by atoms with Gasteiger partial charge in [-0.1, -0.05) is 53.0 Å². The number of amides is 3. The zero-order chi connectivity index (χ0) is 20.3. The maximum atomic E-state index is 12.3. The van der Waals surface area contributed by atoms with Crippen molar-refractivity contribution < 1.29 is 9.59 Å². The normalized spacial score (nSPS) is 10.4. The molecule has 0 bridgehead atoms. The lowest BCUT2D eigenvalue weighted by molar-refractivity contribution is 0.0967. The van der Waals surface area contributed by atoms with Gasteiger partial charge in [-0.3, -0.25) is 15.1 Å². The van der Waals surface area contributed by atoms with E-state index in [-0.39, 0.29) is 15.6 Å². The van der Waals surface area contributed by atoms with Crippen LogP contribution in [0.5, 0.6) is 0 Å². The van der Waals surface area contributed by atoms with Gasteiger partial charge in [0.1, 0.15) is 0 Å². The van der Waals surface area contributed by atoms with E-state index in [1.807, 2.05) is 19.1 Å². The predicted octanol–water partition coefficient (Wildman–Crippen LogP) is 5.98. The molecular weight excluding hydrogens is 421 g/mol. The Morgan fingerprint density at radius 3 is 2.21 bits per heavy atom. The molecule has 0 fully saturated rings. The second-order valence-corrected chi connectivity index (χ2v) is 7.15. The fraction of sp³-hybridized carbons (Fsp3) is 0.0500. The van der Waals surface area contributed by atoms with Crippen LogP contribution in [0.1, 0.15) is 15.9 Å². The van der Waals surface area contributed by atoms with Gasteiger partial charge in [0.05, 0.1) is 33.2 Å². The Balaban J connectivity index is 1.71. The maximum absolute atomic E-state index is 12.3. The predicted molar refractivity (Wildman–Crippen MR) is 112 cm³/mol. The van der Waals surface area contributed by atoms with Gasteiger partial charge in [-0.2, -0.15) is 0 Å². The van der Waals surface area contributed by atoms with Gasteiger partial charge in [0.2, 0.25) is 0 Å². The van der Waals surface area contributed by atoms with Gasteiger partial charge in [0.25, 0.3) is 5.91 Å². The smallest absolute Gasteiger partial charge is 0.306 e. The summed E-state index contributed by atoms with van der Waals surface area (Å²) in [4.78, 5) is 28.8. The van der Waals surface area contributed by atoms with Crippen LogP contribution in [-0.2, 0) is 0 Å². The van der Waals surface area contributed by atoms with Crippen LogP contribution in [0, 0.1) is 6.92 Å². The molecule has 0 spiro atoms. The highest BCUT2D eigenvalue weighted by atomic mass is 35.5. The van der Waals surface area contributed by atoms with E-state index in [0.29, 0.717) is 10.7 Å². The molecule has 0 aliphatic carbocycles. The van der Waals surface area contributed by atoms with Crippen LogP contribution in [0.4, 0.5) is 10.5 Å². The minimum Gasteiger partial charge on any atom is -0.306 e. The number of hydrogen-bond acceptors (Lipinski definition) is 3. The fourth-order valence-corrected chi connectivity index (χ4v) is 3.29. The third-order valence-electron chi connectivity index (χ3n) is 3.87. The minimum absolute atomic E-state index is 0.0355. The number of benzene rings is 2. The number of aromatic nitrogens is 1. The second kappa shape index (κ2) is 8.61. The van der Waals surface area contributed by atoms with Gasteiger partial charge in [0, 0.05) is 10.6 Å². The van der Waals surface area contributed by atoms with Crippen LogP contribution in [0.3, 0.4) is 0 Å². The summed E-state index contributed by atoms with van der Waals surface area (Å²) in [7, 11) is 0. The average Bonchev–Trinajstić information content (AvgIpc) is 2.62. The number of pyridine rings is 1. The monoisotopic (exact) mass is 433 g/mol. The van der Waals surface area contributed by atoms with Crippen molar-refractivity contribution in [1.82, 2.24) is 10.3 Å². The van der Waals surface area contributed by atoms with Gasteiger partial charge in [-0.25, -0.2) is 4.79 Å². The molecule has 0 aliphatic heterocycles. The fourth-order valence-electron chi connectivity index (χ4n) is 2.60. The third-order valence-corrected chi connectivity index (χ3v) is 4.75. The zero-order valence-corrected chi connectivity index (χ0v) is 16.9. The molecule has 3 amide bonds. The summed E-state index contributed by atoms with van der Waals surface area (Å²) < 4.78 is 0. The topological polar surface area (TPSA) is 71.1 Å². The van der Waals surface area contributed by atoms with E-state index >= 15 is 0 Å². The molecule has 3 rings (SSSR count). The molecule has 2 aromatic carbocycles. The summed E-state index contributed by atoms with van der Waals surface area (Å²) >= 11 is 17.9. The van der Waals surface area contributed by atoms with Crippen molar-refractivity contribution in [3.63, 3.8) is 0 Å². The molecule has 0 saturated carbocycles.